The van der Waals surface area contributed by atoms with E-state index in [4.69, 9.17) is 0 Å². The molecule has 1 aromatic rings. The molecule has 1 fully saturated rings. The molecular formula is C16H25NOS. The highest BCUT2D eigenvalue weighted by Crippen LogP contribution is 2.33. The molecule has 2 atom stereocenters. The summed E-state index contributed by atoms with van der Waals surface area (Å²) in [4.78, 5) is 2.50. The first-order valence-electron chi connectivity index (χ1n) is 7.20. The molecule has 0 saturated carbocycles. The van der Waals surface area contributed by atoms with Gasteiger partial charge in [0, 0.05) is 12.6 Å². The zero-order valence-corrected chi connectivity index (χ0v) is 13.2. The van der Waals surface area contributed by atoms with Crippen molar-refractivity contribution in [2.45, 2.75) is 45.7 Å². The van der Waals surface area contributed by atoms with Gasteiger partial charge in [-0.15, -0.1) is 0 Å². The smallest absolute Gasteiger partial charge is 0.125 e. The molecule has 2 rings (SSSR count). The Labute approximate surface area is 120 Å². The summed E-state index contributed by atoms with van der Waals surface area (Å²) < 4.78 is 12.0. The van der Waals surface area contributed by atoms with Crippen LogP contribution in [-0.4, -0.2) is 33.5 Å². The number of benzene rings is 1. The molecule has 106 valence electrons. The van der Waals surface area contributed by atoms with Crippen LogP contribution in [-0.2, 0) is 11.2 Å². The van der Waals surface area contributed by atoms with E-state index in [2.05, 4.69) is 56.9 Å². The molecule has 1 aliphatic heterocycles. The van der Waals surface area contributed by atoms with Crippen molar-refractivity contribution in [3.05, 3.63) is 35.4 Å². The highest BCUT2D eigenvalue weighted by molar-refractivity contribution is 7.91. The second-order valence-corrected chi connectivity index (χ2v) is 7.56. The molecule has 0 N–H and O–H groups in total. The average Bonchev–Trinajstić information content (AvgIpc) is 2.38. The van der Waals surface area contributed by atoms with E-state index in [1.165, 1.54) is 11.1 Å². The van der Waals surface area contributed by atoms with Crippen LogP contribution in [0.15, 0.2) is 24.3 Å². The minimum atomic E-state index is -0.671. The maximum absolute atomic E-state index is 12.0. The van der Waals surface area contributed by atoms with Gasteiger partial charge in [-0.25, -0.2) is 0 Å². The van der Waals surface area contributed by atoms with Crippen LogP contribution < -0.4 is 0 Å². The summed E-state index contributed by atoms with van der Waals surface area (Å²) in [5.74, 6) is 2.11. The van der Waals surface area contributed by atoms with E-state index < -0.39 is 11.2 Å². The predicted molar refractivity (Wildman–Crippen MR) is 83.0 cm³/mol. The number of rotatable bonds is 3. The molecule has 0 amide bonds. The Morgan fingerprint density at radius 1 is 1.21 bits per heavy atom. The van der Waals surface area contributed by atoms with Gasteiger partial charge < -0.3 is 4.55 Å². The lowest BCUT2D eigenvalue weighted by molar-refractivity contribution is 0.168. The average molecular weight is 279 g/mol. The molecule has 3 heteroatoms. The number of nitrogens with zero attached hydrogens (tertiary/aromatic N) is 1. The normalized spacial score (nSPS) is 25.2. The fraction of sp³-hybridized carbons (Fsp3) is 0.625. The summed E-state index contributed by atoms with van der Waals surface area (Å²) in [6.07, 6.45) is 0. The van der Waals surface area contributed by atoms with Crippen molar-refractivity contribution in [2.75, 3.05) is 18.1 Å². The standard InChI is InChI=1S/C16H25NOS/c1-12(2)14-7-5-6-8-15(14)16-11-19(18)10-9-17(16)13(3)4/h5-8,12-13,16H,9-11H2,1-4H3. The number of hydrogen-bond donors (Lipinski definition) is 0. The van der Waals surface area contributed by atoms with Crippen molar-refractivity contribution < 1.29 is 4.55 Å². The van der Waals surface area contributed by atoms with Gasteiger partial charge in [0.05, 0.1) is 6.04 Å². The zero-order valence-electron chi connectivity index (χ0n) is 12.4. The highest BCUT2D eigenvalue weighted by Gasteiger charge is 2.34. The lowest BCUT2D eigenvalue weighted by Gasteiger charge is -2.40. The van der Waals surface area contributed by atoms with Crippen LogP contribution in [0.2, 0.25) is 0 Å². The zero-order chi connectivity index (χ0) is 14.0. The van der Waals surface area contributed by atoms with Crippen LogP contribution in [0.25, 0.3) is 0 Å². The van der Waals surface area contributed by atoms with Crippen molar-refractivity contribution >= 4 is 11.2 Å². The Morgan fingerprint density at radius 2 is 1.89 bits per heavy atom. The molecule has 1 heterocycles. The van der Waals surface area contributed by atoms with Gasteiger partial charge in [-0.2, -0.15) is 0 Å². The SMILES string of the molecule is CC(C)c1ccccc1C1C[S+]([O-])CCN1C(C)C. The molecule has 1 aliphatic rings. The van der Waals surface area contributed by atoms with Crippen molar-refractivity contribution in [2.24, 2.45) is 0 Å². The summed E-state index contributed by atoms with van der Waals surface area (Å²) in [6, 6.07) is 9.47. The van der Waals surface area contributed by atoms with Gasteiger partial charge in [-0.05, 0) is 30.9 Å². The van der Waals surface area contributed by atoms with E-state index in [0.717, 1.165) is 18.1 Å². The van der Waals surface area contributed by atoms with Crippen molar-refractivity contribution in [1.82, 2.24) is 4.90 Å². The van der Waals surface area contributed by atoms with Crippen LogP contribution in [0.5, 0.6) is 0 Å². The van der Waals surface area contributed by atoms with Crippen LogP contribution in [0.4, 0.5) is 0 Å². The van der Waals surface area contributed by atoms with Gasteiger partial charge in [0.25, 0.3) is 0 Å². The van der Waals surface area contributed by atoms with E-state index in [9.17, 15) is 4.55 Å². The molecule has 1 saturated heterocycles. The Hall–Kier alpha value is -0.510. The first kappa shape index (κ1) is 14.9. The third-order valence-electron chi connectivity index (χ3n) is 3.96. The van der Waals surface area contributed by atoms with Gasteiger partial charge in [0.15, 0.2) is 0 Å². The van der Waals surface area contributed by atoms with Gasteiger partial charge in [0.1, 0.15) is 11.5 Å². The minimum absolute atomic E-state index is 0.313. The summed E-state index contributed by atoms with van der Waals surface area (Å²) >= 11 is -0.671. The van der Waals surface area contributed by atoms with Gasteiger partial charge in [-0.3, -0.25) is 4.90 Å². The van der Waals surface area contributed by atoms with E-state index in [1.54, 1.807) is 0 Å². The molecule has 0 spiro atoms. The lowest BCUT2D eigenvalue weighted by atomic mass is 9.92. The summed E-state index contributed by atoms with van der Waals surface area (Å²) in [7, 11) is 0. The molecule has 19 heavy (non-hydrogen) atoms. The fourth-order valence-corrected chi connectivity index (χ4v) is 4.25. The van der Waals surface area contributed by atoms with E-state index >= 15 is 0 Å². The van der Waals surface area contributed by atoms with Crippen molar-refractivity contribution in [1.29, 1.82) is 0 Å². The Morgan fingerprint density at radius 3 is 2.53 bits per heavy atom. The quantitative estimate of drug-likeness (QED) is 0.793. The van der Waals surface area contributed by atoms with Crippen LogP contribution >= 0.6 is 0 Å². The Kier molecular flexibility index (Phi) is 4.93. The molecule has 1 aromatic carbocycles. The largest absolute Gasteiger partial charge is 0.616 e. The third-order valence-corrected chi connectivity index (χ3v) is 5.29. The molecule has 2 unspecified atom stereocenters. The monoisotopic (exact) mass is 279 g/mol. The summed E-state index contributed by atoms with van der Waals surface area (Å²) in [5, 5.41) is 0. The molecule has 0 bridgehead atoms. The molecule has 2 nitrogen and oxygen atoms in total. The summed E-state index contributed by atoms with van der Waals surface area (Å²) in [5.41, 5.74) is 2.77. The third kappa shape index (κ3) is 3.33. The first-order valence-corrected chi connectivity index (χ1v) is 8.69. The maximum atomic E-state index is 12.0. The fourth-order valence-electron chi connectivity index (χ4n) is 2.94. The summed E-state index contributed by atoms with van der Waals surface area (Å²) in [6.45, 7) is 9.89. The van der Waals surface area contributed by atoms with Crippen LogP contribution in [0, 0.1) is 0 Å². The van der Waals surface area contributed by atoms with E-state index in [1.807, 2.05) is 0 Å². The Bertz CT molecular complexity index is 419. The van der Waals surface area contributed by atoms with Gasteiger partial charge >= 0.3 is 0 Å². The number of hydrogen-bond acceptors (Lipinski definition) is 2. The van der Waals surface area contributed by atoms with Crippen molar-refractivity contribution in [3.63, 3.8) is 0 Å². The lowest BCUT2D eigenvalue weighted by Crippen LogP contribution is -2.46. The van der Waals surface area contributed by atoms with E-state index in [0.29, 0.717) is 18.0 Å². The first-order chi connectivity index (χ1) is 9.00. The second-order valence-electron chi connectivity index (χ2n) is 5.94. The molecule has 0 radical (unpaired) electrons. The van der Waals surface area contributed by atoms with Gasteiger partial charge in [-0.1, -0.05) is 49.3 Å². The van der Waals surface area contributed by atoms with E-state index in [-0.39, 0.29) is 0 Å². The van der Waals surface area contributed by atoms with Crippen LogP contribution in [0.1, 0.15) is 50.8 Å². The topological polar surface area (TPSA) is 26.3 Å². The van der Waals surface area contributed by atoms with Crippen molar-refractivity contribution in [3.8, 4) is 0 Å². The molecular weight excluding hydrogens is 254 g/mol. The van der Waals surface area contributed by atoms with Gasteiger partial charge in [0.2, 0.25) is 0 Å². The highest BCUT2D eigenvalue weighted by atomic mass is 32.2. The Balaban J connectivity index is 2.36. The second kappa shape index (κ2) is 6.29. The molecule has 0 aliphatic carbocycles. The molecule has 0 aromatic heterocycles. The van der Waals surface area contributed by atoms with Crippen LogP contribution in [0.3, 0.4) is 0 Å². The maximum Gasteiger partial charge on any atom is 0.125 e. The minimum Gasteiger partial charge on any atom is -0.616 e. The predicted octanol–water partition coefficient (Wildman–Crippen LogP) is 3.32.